The minimum atomic E-state index is -0.713. The van der Waals surface area contributed by atoms with Crippen LogP contribution in [0.15, 0.2) is 227 Å². The van der Waals surface area contributed by atoms with Crippen LogP contribution in [0.25, 0.3) is 32.7 Å². The van der Waals surface area contributed by atoms with E-state index >= 15 is 0 Å². The highest BCUT2D eigenvalue weighted by atomic mass is 35.5. The fourth-order valence-corrected chi connectivity index (χ4v) is 15.4. The smallest absolute Gasteiger partial charge is 0.345 e. The van der Waals surface area contributed by atoms with Crippen molar-refractivity contribution in [3.05, 3.63) is 331 Å². The summed E-state index contributed by atoms with van der Waals surface area (Å²) in [6.45, 7) is 10.8. The van der Waals surface area contributed by atoms with Crippen molar-refractivity contribution >= 4 is 132 Å². The van der Waals surface area contributed by atoms with Gasteiger partial charge in [0.15, 0.2) is 0 Å². The normalized spacial score (nSPS) is 13.2. The summed E-state index contributed by atoms with van der Waals surface area (Å²) in [4.78, 5) is 132. The first-order valence-corrected chi connectivity index (χ1v) is 39.8. The third kappa shape index (κ3) is 20.5. The first kappa shape index (κ1) is 91.1. The average Bonchev–Trinajstić information content (AvgIpc) is 0.754. The lowest BCUT2D eigenvalue weighted by Gasteiger charge is -2.37. The van der Waals surface area contributed by atoms with Gasteiger partial charge in [0.2, 0.25) is 0 Å². The van der Waals surface area contributed by atoms with Gasteiger partial charge in [-0.2, -0.15) is 0 Å². The molecule has 9 aromatic carbocycles. The Morgan fingerprint density at radius 3 is 0.843 bits per heavy atom. The summed E-state index contributed by atoms with van der Waals surface area (Å²) in [5.74, 6) is -3.60. The first-order chi connectivity index (χ1) is 57.0. The highest BCUT2D eigenvalue weighted by Gasteiger charge is 2.35. The predicted molar refractivity (Wildman–Crippen MR) is 473 cm³/mol. The molecule has 15 rings (SSSR count). The molecule has 21 nitrogen and oxygen atoms in total. The summed E-state index contributed by atoms with van der Waals surface area (Å²) in [5.41, 5.74) is 5.50. The average molecular weight is 1730 g/mol. The number of carbonyl (C=O) groups excluding carboxylic acids is 6. The van der Waals surface area contributed by atoms with Gasteiger partial charge in [0.1, 0.15) is 34.1 Å². The van der Waals surface area contributed by atoms with Crippen molar-refractivity contribution in [2.45, 2.75) is 62.7 Å². The van der Waals surface area contributed by atoms with Crippen molar-refractivity contribution in [2.75, 3.05) is 113 Å². The van der Waals surface area contributed by atoms with Crippen LogP contribution in [0.2, 0.25) is 20.1 Å². The van der Waals surface area contributed by atoms with Crippen LogP contribution in [-0.4, -0.2) is 162 Å². The third-order valence-corrected chi connectivity index (χ3v) is 21.9. The number of amides is 3. The van der Waals surface area contributed by atoms with Gasteiger partial charge in [0.25, 0.3) is 34.4 Å². The van der Waals surface area contributed by atoms with Gasteiger partial charge in [0, 0.05) is 121 Å². The Morgan fingerprint density at radius 1 is 0.322 bits per heavy atom. The number of carbonyl (C=O) groups is 6. The standard InChI is InChI=1S/C30H26Cl2FN3O4.2C30H27ClFN3O4.3CH4/c1-2-40-30(39)26-27(34-13-15-35(16-14-34)28(37)20-9-12-23(31)24(32)17-20)22-5-3-4-6-25(22)36(29(26)38)18-19-7-10-21(33)11-8-19;2*1-2-39-30(38)26-27(33-15-17-34(18-16-33)28(36)21-9-11-22(31)12-10-21)24-5-3-4-6-25(24)35(29(26)37)19-20-7-13-23(32)14-8-20;;;/h3-12,17H,2,13-16,18H2,1H3;2*3-14H,2,15-19H2,1H3;3*1H4. The number of anilines is 3. The van der Waals surface area contributed by atoms with Gasteiger partial charge in [-0.1, -0.05) is 160 Å². The predicted octanol–water partition coefficient (Wildman–Crippen LogP) is 17.5. The second kappa shape index (κ2) is 41.2. The zero-order valence-electron chi connectivity index (χ0n) is 64.5. The van der Waals surface area contributed by atoms with Crippen LogP contribution in [0.4, 0.5) is 30.2 Å². The highest BCUT2D eigenvalue weighted by Crippen LogP contribution is 2.36. The van der Waals surface area contributed by atoms with Gasteiger partial charge in [-0.3, -0.25) is 28.8 Å². The second-order valence-corrected chi connectivity index (χ2v) is 29.6. The van der Waals surface area contributed by atoms with Crippen molar-refractivity contribution < 1.29 is 56.1 Å². The van der Waals surface area contributed by atoms with Crippen LogP contribution in [0.1, 0.15) is 122 Å². The lowest BCUT2D eigenvalue weighted by molar-refractivity contribution is 0.0514. The van der Waals surface area contributed by atoms with Crippen LogP contribution in [0.5, 0.6) is 0 Å². The van der Waals surface area contributed by atoms with Gasteiger partial charge >= 0.3 is 17.9 Å². The molecule has 6 heterocycles. The number of rotatable bonds is 18. The lowest BCUT2D eigenvalue weighted by atomic mass is 10.0. The Kier molecular flexibility index (Phi) is 31.0. The minimum Gasteiger partial charge on any atom is -0.462 e. The van der Waals surface area contributed by atoms with Crippen molar-refractivity contribution in [1.82, 2.24) is 28.4 Å². The quantitative estimate of drug-likeness (QED) is 0.0577. The van der Waals surface area contributed by atoms with Gasteiger partial charge in [-0.15, -0.1) is 0 Å². The Labute approximate surface area is 718 Å². The molecule has 3 aliphatic heterocycles. The molecule has 0 bridgehead atoms. The summed E-state index contributed by atoms with van der Waals surface area (Å²) >= 11 is 24.0. The molecule has 3 saturated heterocycles. The maximum atomic E-state index is 13.9. The molecule has 3 aliphatic rings. The molecule has 0 N–H and O–H groups in total. The van der Waals surface area contributed by atoms with Crippen LogP contribution in [0.3, 0.4) is 0 Å². The molecular formula is C93H92Cl4F3N9O12. The molecule has 0 spiro atoms. The number of para-hydroxylation sites is 3. The largest absolute Gasteiger partial charge is 0.462 e. The molecule has 0 saturated carbocycles. The molecule has 0 radical (unpaired) electrons. The Balaban J connectivity index is 0.000000188. The summed E-state index contributed by atoms with van der Waals surface area (Å²) in [5, 5.41) is 3.94. The van der Waals surface area contributed by atoms with E-state index < -0.39 is 34.6 Å². The molecular weight excluding hydrogens is 1630 g/mol. The van der Waals surface area contributed by atoms with Gasteiger partial charge in [-0.05, 0) is 159 Å². The number of halogens is 7. The number of nitrogens with zero attached hydrogens (tertiary/aromatic N) is 9. The van der Waals surface area contributed by atoms with Crippen LogP contribution in [-0.2, 0) is 33.8 Å². The maximum absolute atomic E-state index is 13.9. The molecule has 3 fully saturated rings. The number of hydrogen-bond donors (Lipinski definition) is 0. The summed E-state index contributed by atoms with van der Waals surface area (Å²) in [7, 11) is 0. The number of ether oxygens (including phenoxy) is 3. The number of benzene rings is 9. The van der Waals surface area contributed by atoms with Crippen molar-refractivity contribution in [2.24, 2.45) is 0 Å². The van der Waals surface area contributed by atoms with Gasteiger partial charge < -0.3 is 57.3 Å². The highest BCUT2D eigenvalue weighted by molar-refractivity contribution is 6.42. The third-order valence-electron chi connectivity index (χ3n) is 20.6. The monoisotopic (exact) mass is 1720 g/mol. The summed E-state index contributed by atoms with van der Waals surface area (Å²) in [6, 6.07) is 58.2. The zero-order chi connectivity index (χ0) is 83.4. The van der Waals surface area contributed by atoms with E-state index in [2.05, 4.69) is 0 Å². The molecule has 12 aromatic rings. The Hall–Kier alpha value is -12.2. The molecule has 0 aliphatic carbocycles. The van der Waals surface area contributed by atoms with E-state index in [1.165, 1.54) is 50.1 Å². The molecule has 0 atom stereocenters. The molecule has 28 heteroatoms. The van der Waals surface area contributed by atoms with Crippen LogP contribution < -0.4 is 31.4 Å². The molecule has 3 aromatic heterocycles. The van der Waals surface area contributed by atoms with Crippen molar-refractivity contribution in [3.63, 3.8) is 0 Å². The van der Waals surface area contributed by atoms with Crippen LogP contribution in [0, 0.1) is 17.5 Å². The second-order valence-electron chi connectivity index (χ2n) is 27.9. The number of hydrogen-bond acceptors (Lipinski definition) is 15. The first-order valence-electron chi connectivity index (χ1n) is 38.3. The lowest BCUT2D eigenvalue weighted by Crippen LogP contribution is -2.49. The number of aromatic nitrogens is 3. The topological polar surface area (TPSA) is 216 Å². The Bertz CT molecular complexity index is 5720. The van der Waals surface area contributed by atoms with Crippen LogP contribution >= 0.6 is 46.4 Å². The number of piperazine rings is 3. The zero-order valence-corrected chi connectivity index (χ0v) is 67.5. The van der Waals surface area contributed by atoms with Crippen molar-refractivity contribution in [1.29, 1.82) is 0 Å². The summed E-state index contributed by atoms with van der Waals surface area (Å²) < 4.78 is 61.1. The Morgan fingerprint density at radius 2 is 0.579 bits per heavy atom. The van der Waals surface area contributed by atoms with E-state index in [0.717, 1.165) is 21.9 Å². The molecule has 630 valence electrons. The molecule has 3 amide bonds. The van der Waals surface area contributed by atoms with E-state index in [4.69, 9.17) is 60.6 Å². The fraction of sp³-hybridized carbons (Fsp3) is 0.258. The van der Waals surface area contributed by atoms with E-state index in [1.54, 1.807) is 139 Å². The number of fused-ring (bicyclic) bond motifs is 3. The van der Waals surface area contributed by atoms with Gasteiger partial charge in [0.05, 0.1) is 83.1 Å². The molecule has 121 heavy (non-hydrogen) atoms. The molecule has 0 unspecified atom stereocenters. The van der Waals surface area contributed by atoms with E-state index in [1.807, 2.05) is 87.5 Å². The van der Waals surface area contributed by atoms with E-state index in [0.29, 0.717) is 160 Å². The fourth-order valence-electron chi connectivity index (χ4n) is 14.9. The number of pyridine rings is 3. The SMILES string of the molecule is C.C.C.CCOC(=O)c1c(N2CCN(C(=O)c3ccc(Cl)c(Cl)c3)CC2)c2ccccc2n(Cc2ccc(F)cc2)c1=O.CCOC(=O)c1c(N2CCN(C(=O)c3ccc(Cl)cc3)CC2)c2ccccc2n(Cc2ccc(F)cc2)c1=O.CCOC(=O)c1c(N2CCN(C(=O)c3ccc(Cl)cc3)CC2)c2ccccc2n(Cc2ccc(F)cc2)c1=O. The maximum Gasteiger partial charge on any atom is 0.345 e. The van der Waals surface area contributed by atoms with E-state index in [9.17, 15) is 56.3 Å². The summed E-state index contributed by atoms with van der Waals surface area (Å²) in [6.07, 6.45) is 0. The van der Waals surface area contributed by atoms with Gasteiger partial charge in [-0.25, -0.2) is 27.6 Å². The number of esters is 3. The minimum absolute atomic E-state index is 0. The van der Waals surface area contributed by atoms with E-state index in [-0.39, 0.29) is 114 Å². The van der Waals surface area contributed by atoms with Crippen molar-refractivity contribution in [3.8, 4) is 0 Å².